The van der Waals surface area contributed by atoms with E-state index in [4.69, 9.17) is 10.0 Å². The molecule has 2 N–H and O–H groups in total. The molecule has 0 aromatic carbocycles. The van der Waals surface area contributed by atoms with Crippen LogP contribution in [0.3, 0.4) is 0 Å². The van der Waals surface area contributed by atoms with E-state index in [0.29, 0.717) is 5.69 Å². The van der Waals surface area contributed by atoms with Crippen LogP contribution in [-0.4, -0.2) is 22.2 Å². The zero-order valence-corrected chi connectivity index (χ0v) is 5.95. The van der Waals surface area contributed by atoms with E-state index in [1.165, 1.54) is 6.07 Å². The van der Waals surface area contributed by atoms with Gasteiger partial charge in [-0.3, -0.25) is 4.98 Å². The molecule has 1 aromatic rings. The summed E-state index contributed by atoms with van der Waals surface area (Å²) in [6, 6.07) is 1.29. The van der Waals surface area contributed by atoms with E-state index in [1.807, 2.05) is 0 Å². The van der Waals surface area contributed by atoms with Gasteiger partial charge in [-0.1, -0.05) is 0 Å². The summed E-state index contributed by atoms with van der Waals surface area (Å²) in [5.74, 6) is -0.703. The highest BCUT2D eigenvalue weighted by molar-refractivity contribution is 6.58. The minimum Gasteiger partial charge on any atom is -0.423 e. The number of pyridine rings is 1. The highest BCUT2D eigenvalue weighted by Gasteiger charge is 2.16. The summed E-state index contributed by atoms with van der Waals surface area (Å²) in [5, 5.41) is 17.2. The van der Waals surface area contributed by atoms with Gasteiger partial charge in [-0.2, -0.15) is 0 Å². The van der Waals surface area contributed by atoms with Gasteiger partial charge in [-0.05, 0) is 13.0 Å². The van der Waals surface area contributed by atoms with Crippen molar-refractivity contribution in [2.75, 3.05) is 0 Å². The first-order chi connectivity index (χ1) is 5.11. The number of aryl methyl sites for hydroxylation is 1. The lowest BCUT2D eigenvalue weighted by atomic mass is 9.80. The van der Waals surface area contributed by atoms with Crippen LogP contribution in [0.15, 0.2) is 12.3 Å². The number of hydrogen-bond acceptors (Lipinski definition) is 3. The fourth-order valence-corrected chi connectivity index (χ4v) is 0.762. The van der Waals surface area contributed by atoms with Crippen molar-refractivity contribution in [3.8, 4) is 0 Å². The lowest BCUT2D eigenvalue weighted by Gasteiger charge is -2.00. The molecule has 1 heterocycles. The smallest absolute Gasteiger partial charge is 0.423 e. The van der Waals surface area contributed by atoms with E-state index < -0.39 is 12.9 Å². The minimum atomic E-state index is -1.77. The highest BCUT2D eigenvalue weighted by Crippen LogP contribution is 1.94. The third kappa shape index (κ3) is 1.75. The topological polar surface area (TPSA) is 53.4 Å². The summed E-state index contributed by atoms with van der Waals surface area (Å²) in [7, 11) is -1.77. The Morgan fingerprint density at radius 2 is 2.18 bits per heavy atom. The number of aromatic nitrogens is 1. The summed E-state index contributed by atoms with van der Waals surface area (Å²) < 4.78 is 12.6. The molecule has 0 saturated heterocycles. The number of halogens is 1. The van der Waals surface area contributed by atoms with E-state index in [0.717, 1.165) is 6.20 Å². The van der Waals surface area contributed by atoms with Crippen LogP contribution in [-0.2, 0) is 0 Å². The molecule has 0 unspecified atom stereocenters. The zero-order chi connectivity index (χ0) is 8.43. The van der Waals surface area contributed by atoms with Crippen molar-refractivity contribution in [2.24, 2.45) is 0 Å². The van der Waals surface area contributed by atoms with Crippen LogP contribution >= 0.6 is 0 Å². The third-order valence-electron chi connectivity index (χ3n) is 1.30. The van der Waals surface area contributed by atoms with Gasteiger partial charge >= 0.3 is 7.12 Å². The van der Waals surface area contributed by atoms with Gasteiger partial charge in [0.05, 0.1) is 6.20 Å². The molecule has 0 aliphatic rings. The maximum Gasteiger partial charge on any atom is 0.491 e. The van der Waals surface area contributed by atoms with Crippen molar-refractivity contribution in [2.45, 2.75) is 6.92 Å². The molecule has 0 bridgehead atoms. The van der Waals surface area contributed by atoms with Crippen molar-refractivity contribution < 1.29 is 14.4 Å². The SMILES string of the molecule is Cc1cc(B(O)O)c(F)cn1. The van der Waals surface area contributed by atoms with E-state index >= 15 is 0 Å². The van der Waals surface area contributed by atoms with Gasteiger partial charge in [0, 0.05) is 11.2 Å². The summed E-state index contributed by atoms with van der Waals surface area (Å²) in [4.78, 5) is 3.62. The molecule has 5 heteroatoms. The van der Waals surface area contributed by atoms with Crippen molar-refractivity contribution in [1.29, 1.82) is 0 Å². The first kappa shape index (κ1) is 8.16. The summed E-state index contributed by atoms with van der Waals surface area (Å²) in [6.07, 6.45) is 0.962. The second kappa shape index (κ2) is 2.98. The van der Waals surface area contributed by atoms with Crippen LogP contribution in [0.5, 0.6) is 0 Å². The molecule has 0 aliphatic heterocycles. The Morgan fingerprint density at radius 3 is 2.64 bits per heavy atom. The van der Waals surface area contributed by atoms with Crippen LogP contribution in [0.1, 0.15) is 5.69 Å². The van der Waals surface area contributed by atoms with Crippen molar-refractivity contribution in [3.05, 3.63) is 23.8 Å². The maximum atomic E-state index is 12.6. The molecule has 1 rings (SSSR count). The first-order valence-corrected chi connectivity index (χ1v) is 3.09. The Balaban J connectivity index is 3.13. The molecule has 0 aliphatic carbocycles. The zero-order valence-electron chi connectivity index (χ0n) is 5.95. The van der Waals surface area contributed by atoms with Gasteiger partial charge in [0.1, 0.15) is 5.82 Å². The molecule has 0 fully saturated rings. The van der Waals surface area contributed by atoms with Gasteiger partial charge in [0.2, 0.25) is 0 Å². The largest absolute Gasteiger partial charge is 0.491 e. The summed E-state index contributed by atoms with van der Waals surface area (Å²) in [5.41, 5.74) is 0.409. The Labute approximate surface area is 63.7 Å². The summed E-state index contributed by atoms with van der Waals surface area (Å²) in [6.45, 7) is 1.64. The van der Waals surface area contributed by atoms with Crippen LogP contribution < -0.4 is 5.46 Å². The predicted molar refractivity (Wildman–Crippen MR) is 38.8 cm³/mol. The number of hydrogen-bond donors (Lipinski definition) is 2. The second-order valence-corrected chi connectivity index (χ2v) is 2.22. The Hall–Kier alpha value is -0.935. The van der Waals surface area contributed by atoms with E-state index in [1.54, 1.807) is 6.92 Å². The predicted octanol–water partition coefficient (Wildman–Crippen LogP) is -0.791. The van der Waals surface area contributed by atoms with Crippen LogP contribution in [0.2, 0.25) is 0 Å². The Morgan fingerprint density at radius 1 is 1.55 bits per heavy atom. The maximum absolute atomic E-state index is 12.6. The highest BCUT2D eigenvalue weighted by atomic mass is 19.1. The number of nitrogens with zero attached hydrogens (tertiary/aromatic N) is 1. The minimum absolute atomic E-state index is 0.141. The number of rotatable bonds is 1. The molecule has 1 aromatic heterocycles. The molecule has 0 spiro atoms. The molecule has 0 radical (unpaired) electrons. The monoisotopic (exact) mass is 155 g/mol. The van der Waals surface area contributed by atoms with E-state index in [2.05, 4.69) is 4.98 Å². The Kier molecular flexibility index (Phi) is 2.21. The molecule has 3 nitrogen and oxygen atoms in total. The average Bonchev–Trinajstić information content (AvgIpc) is 1.94. The van der Waals surface area contributed by atoms with E-state index in [-0.39, 0.29) is 5.46 Å². The van der Waals surface area contributed by atoms with Gasteiger partial charge in [0.15, 0.2) is 0 Å². The average molecular weight is 155 g/mol. The van der Waals surface area contributed by atoms with Crippen molar-refractivity contribution in [1.82, 2.24) is 4.98 Å². The fraction of sp³-hybridized carbons (Fsp3) is 0.167. The molecule has 0 amide bonds. The third-order valence-corrected chi connectivity index (χ3v) is 1.30. The second-order valence-electron chi connectivity index (χ2n) is 2.22. The van der Waals surface area contributed by atoms with E-state index in [9.17, 15) is 4.39 Å². The molecule has 11 heavy (non-hydrogen) atoms. The quantitative estimate of drug-likeness (QED) is 0.522. The summed E-state index contributed by atoms with van der Waals surface area (Å²) >= 11 is 0. The van der Waals surface area contributed by atoms with Crippen LogP contribution in [0.25, 0.3) is 0 Å². The van der Waals surface area contributed by atoms with Crippen LogP contribution in [0, 0.1) is 12.7 Å². The van der Waals surface area contributed by atoms with Crippen LogP contribution in [0.4, 0.5) is 4.39 Å². The normalized spacial score (nSPS) is 9.82. The van der Waals surface area contributed by atoms with Crippen molar-refractivity contribution in [3.63, 3.8) is 0 Å². The molecule has 0 atom stereocenters. The fourth-order valence-electron chi connectivity index (χ4n) is 0.762. The lowest BCUT2D eigenvalue weighted by Crippen LogP contribution is -2.33. The van der Waals surface area contributed by atoms with Crippen molar-refractivity contribution >= 4 is 12.6 Å². The molecular weight excluding hydrogens is 148 g/mol. The van der Waals surface area contributed by atoms with Gasteiger partial charge in [-0.25, -0.2) is 4.39 Å². The van der Waals surface area contributed by atoms with Gasteiger partial charge in [-0.15, -0.1) is 0 Å². The molecule has 0 saturated carbocycles. The van der Waals surface area contributed by atoms with Gasteiger partial charge < -0.3 is 10.0 Å². The Bertz CT molecular complexity index is 267. The standard InChI is InChI=1S/C6H7BFNO2/c1-4-2-5(7(10)11)6(8)3-9-4/h2-3,10-11H,1H3. The first-order valence-electron chi connectivity index (χ1n) is 3.09. The molecule has 58 valence electrons. The molecular formula is C6H7BFNO2. The van der Waals surface area contributed by atoms with Gasteiger partial charge in [0.25, 0.3) is 0 Å². The lowest BCUT2D eigenvalue weighted by molar-refractivity contribution is 0.422.